The van der Waals surface area contributed by atoms with Crippen molar-refractivity contribution in [2.45, 2.75) is 25.3 Å². The van der Waals surface area contributed by atoms with E-state index in [1.807, 2.05) is 36.7 Å². The molecule has 0 radical (unpaired) electrons. The first-order valence-corrected chi connectivity index (χ1v) is 7.46. The Hall–Kier alpha value is -1.59. The molecule has 0 amide bonds. The molecule has 0 bridgehead atoms. The van der Waals surface area contributed by atoms with E-state index in [-0.39, 0.29) is 11.4 Å². The molecular weight excluding hydrogens is 309 g/mol. The van der Waals surface area contributed by atoms with Crippen molar-refractivity contribution in [3.63, 3.8) is 0 Å². The number of halogens is 2. The number of aromatic nitrogens is 5. The number of benzene rings is 1. The SMILES string of the molecule is CC(Cl)c1nc2cc(Cl)ccc2n1C(C)c1nncn1C. The van der Waals surface area contributed by atoms with E-state index in [1.165, 1.54) is 0 Å². The molecule has 1 aromatic carbocycles. The topological polar surface area (TPSA) is 48.5 Å². The number of imidazole rings is 1. The Balaban J connectivity index is 2.24. The van der Waals surface area contributed by atoms with Crippen LogP contribution in [0.25, 0.3) is 11.0 Å². The van der Waals surface area contributed by atoms with Crippen molar-refractivity contribution in [2.24, 2.45) is 7.05 Å². The van der Waals surface area contributed by atoms with Crippen LogP contribution in [0.4, 0.5) is 0 Å². The lowest BCUT2D eigenvalue weighted by Crippen LogP contribution is -2.15. The van der Waals surface area contributed by atoms with Crippen molar-refractivity contribution in [1.29, 1.82) is 0 Å². The zero-order valence-electron chi connectivity index (χ0n) is 12.0. The number of rotatable bonds is 3. The summed E-state index contributed by atoms with van der Waals surface area (Å²) in [6.45, 7) is 3.97. The van der Waals surface area contributed by atoms with Gasteiger partial charge in [0, 0.05) is 12.1 Å². The largest absolute Gasteiger partial charge is 0.319 e. The molecule has 0 aliphatic rings. The van der Waals surface area contributed by atoms with Crippen molar-refractivity contribution in [3.8, 4) is 0 Å². The Morgan fingerprint density at radius 1 is 1.19 bits per heavy atom. The highest BCUT2D eigenvalue weighted by Crippen LogP contribution is 2.31. The molecule has 0 fully saturated rings. The predicted molar refractivity (Wildman–Crippen MR) is 83.8 cm³/mol. The highest BCUT2D eigenvalue weighted by atomic mass is 35.5. The Bertz CT molecular complexity index is 790. The third-order valence-electron chi connectivity index (χ3n) is 3.54. The van der Waals surface area contributed by atoms with E-state index in [0.717, 1.165) is 22.7 Å². The quantitative estimate of drug-likeness (QED) is 0.690. The number of alkyl halides is 1. The minimum Gasteiger partial charge on any atom is -0.319 e. The van der Waals surface area contributed by atoms with Crippen molar-refractivity contribution in [1.82, 2.24) is 24.3 Å². The van der Waals surface area contributed by atoms with Crippen LogP contribution in [0.5, 0.6) is 0 Å². The van der Waals surface area contributed by atoms with Gasteiger partial charge in [-0.1, -0.05) is 11.6 Å². The molecule has 5 nitrogen and oxygen atoms in total. The van der Waals surface area contributed by atoms with Crippen LogP contribution in [0.3, 0.4) is 0 Å². The first-order valence-electron chi connectivity index (χ1n) is 6.64. The van der Waals surface area contributed by atoms with E-state index in [1.54, 1.807) is 6.33 Å². The Morgan fingerprint density at radius 2 is 1.95 bits per heavy atom. The van der Waals surface area contributed by atoms with E-state index >= 15 is 0 Å². The normalized spacial score (nSPS) is 14.5. The molecule has 21 heavy (non-hydrogen) atoms. The van der Waals surface area contributed by atoms with E-state index in [4.69, 9.17) is 23.2 Å². The van der Waals surface area contributed by atoms with E-state index < -0.39 is 0 Å². The fraction of sp³-hybridized carbons (Fsp3) is 0.357. The maximum atomic E-state index is 6.31. The number of fused-ring (bicyclic) bond motifs is 1. The summed E-state index contributed by atoms with van der Waals surface area (Å²) in [6, 6.07) is 5.63. The number of aryl methyl sites for hydroxylation is 1. The summed E-state index contributed by atoms with van der Waals surface area (Å²) < 4.78 is 3.99. The average molecular weight is 324 g/mol. The summed E-state index contributed by atoms with van der Waals surface area (Å²) >= 11 is 12.4. The van der Waals surface area contributed by atoms with Crippen LogP contribution in [-0.2, 0) is 7.05 Å². The summed E-state index contributed by atoms with van der Waals surface area (Å²) in [7, 11) is 1.92. The third-order valence-corrected chi connectivity index (χ3v) is 3.97. The molecule has 110 valence electrons. The molecule has 0 aliphatic heterocycles. The van der Waals surface area contributed by atoms with Gasteiger partial charge in [0.2, 0.25) is 0 Å². The second-order valence-electron chi connectivity index (χ2n) is 5.07. The molecule has 0 spiro atoms. The maximum Gasteiger partial charge on any atom is 0.155 e. The molecule has 0 aliphatic carbocycles. The van der Waals surface area contributed by atoms with Crippen molar-refractivity contribution >= 4 is 34.2 Å². The molecular formula is C14H15Cl2N5. The summed E-state index contributed by atoms with van der Waals surface area (Å²) in [6.07, 6.45) is 1.69. The molecule has 0 N–H and O–H groups in total. The minimum absolute atomic E-state index is 0.0279. The molecule has 3 rings (SSSR count). The summed E-state index contributed by atoms with van der Waals surface area (Å²) in [5, 5.41) is 8.58. The van der Waals surface area contributed by atoms with Gasteiger partial charge in [0.25, 0.3) is 0 Å². The summed E-state index contributed by atoms with van der Waals surface area (Å²) in [5.41, 5.74) is 1.82. The van der Waals surface area contributed by atoms with Crippen LogP contribution in [0, 0.1) is 0 Å². The fourth-order valence-electron chi connectivity index (χ4n) is 2.56. The van der Waals surface area contributed by atoms with Crippen LogP contribution in [0.1, 0.15) is 36.9 Å². The number of hydrogen-bond donors (Lipinski definition) is 0. The second kappa shape index (κ2) is 5.31. The molecule has 0 saturated heterocycles. The van der Waals surface area contributed by atoms with Crippen LogP contribution >= 0.6 is 23.2 Å². The van der Waals surface area contributed by atoms with Crippen LogP contribution in [0.15, 0.2) is 24.5 Å². The van der Waals surface area contributed by atoms with Crippen LogP contribution < -0.4 is 0 Å². The summed E-state index contributed by atoms with van der Waals surface area (Å²) in [4.78, 5) is 4.62. The van der Waals surface area contributed by atoms with Gasteiger partial charge in [-0.15, -0.1) is 21.8 Å². The van der Waals surface area contributed by atoms with Crippen LogP contribution in [-0.4, -0.2) is 24.3 Å². The van der Waals surface area contributed by atoms with E-state index in [0.29, 0.717) is 5.02 Å². The smallest absolute Gasteiger partial charge is 0.155 e. The second-order valence-corrected chi connectivity index (χ2v) is 6.16. The van der Waals surface area contributed by atoms with E-state index in [9.17, 15) is 0 Å². The monoisotopic (exact) mass is 323 g/mol. The van der Waals surface area contributed by atoms with Gasteiger partial charge in [-0.3, -0.25) is 0 Å². The molecule has 7 heteroatoms. The van der Waals surface area contributed by atoms with Crippen LogP contribution in [0.2, 0.25) is 5.02 Å². The van der Waals surface area contributed by atoms with Gasteiger partial charge >= 0.3 is 0 Å². The number of hydrogen-bond acceptors (Lipinski definition) is 3. The number of nitrogens with zero attached hydrogens (tertiary/aromatic N) is 5. The van der Waals surface area contributed by atoms with Gasteiger partial charge in [0.1, 0.15) is 12.2 Å². The van der Waals surface area contributed by atoms with Crippen molar-refractivity contribution in [2.75, 3.05) is 0 Å². The molecule has 3 aromatic rings. The van der Waals surface area contributed by atoms with Gasteiger partial charge in [-0.05, 0) is 32.0 Å². The molecule has 2 unspecified atom stereocenters. The van der Waals surface area contributed by atoms with Gasteiger partial charge in [0.05, 0.1) is 22.5 Å². The van der Waals surface area contributed by atoms with Gasteiger partial charge in [0.15, 0.2) is 5.82 Å². The highest BCUT2D eigenvalue weighted by molar-refractivity contribution is 6.31. The van der Waals surface area contributed by atoms with Crippen molar-refractivity contribution in [3.05, 3.63) is 41.2 Å². The fourth-order valence-corrected chi connectivity index (χ4v) is 2.88. The van der Waals surface area contributed by atoms with Gasteiger partial charge in [-0.2, -0.15) is 0 Å². The third kappa shape index (κ3) is 2.40. The van der Waals surface area contributed by atoms with E-state index in [2.05, 4.69) is 26.7 Å². The molecule has 2 aromatic heterocycles. The maximum absolute atomic E-state index is 6.31. The van der Waals surface area contributed by atoms with Gasteiger partial charge in [-0.25, -0.2) is 4.98 Å². The average Bonchev–Trinajstić information content (AvgIpc) is 3.01. The zero-order chi connectivity index (χ0) is 15.1. The molecule has 0 saturated carbocycles. The highest BCUT2D eigenvalue weighted by Gasteiger charge is 2.22. The first-order chi connectivity index (χ1) is 9.99. The lowest BCUT2D eigenvalue weighted by molar-refractivity contribution is 0.563. The predicted octanol–water partition coefficient (Wildman–Crippen LogP) is 3.73. The Kier molecular flexibility index (Phi) is 3.63. The summed E-state index contributed by atoms with van der Waals surface area (Å²) in [5.74, 6) is 1.65. The lowest BCUT2D eigenvalue weighted by atomic mass is 10.2. The zero-order valence-corrected chi connectivity index (χ0v) is 13.5. The van der Waals surface area contributed by atoms with Crippen molar-refractivity contribution < 1.29 is 0 Å². The molecule has 2 heterocycles. The first kappa shape index (κ1) is 14.4. The molecule has 2 atom stereocenters. The lowest BCUT2D eigenvalue weighted by Gasteiger charge is -2.17. The Morgan fingerprint density at radius 3 is 2.57 bits per heavy atom. The minimum atomic E-state index is -0.216. The Labute approximate surface area is 132 Å². The standard InChI is InChI=1S/C14H15Cl2N5/c1-8(15)13-18-11-6-10(16)4-5-12(11)21(13)9(2)14-19-17-7-20(14)3/h4-9H,1-3H3. The van der Waals surface area contributed by atoms with Gasteiger partial charge < -0.3 is 9.13 Å².